The first kappa shape index (κ1) is 14.0. The van der Waals surface area contributed by atoms with Gasteiger partial charge in [-0.1, -0.05) is 5.21 Å². The summed E-state index contributed by atoms with van der Waals surface area (Å²) in [7, 11) is 4.04. The van der Waals surface area contributed by atoms with Crippen LogP contribution in [0.3, 0.4) is 0 Å². The summed E-state index contributed by atoms with van der Waals surface area (Å²) in [6.45, 7) is 4.73. The zero-order valence-corrected chi connectivity index (χ0v) is 11.8. The van der Waals surface area contributed by atoms with Gasteiger partial charge in [-0.25, -0.2) is 4.68 Å². The van der Waals surface area contributed by atoms with Crippen LogP contribution in [-0.4, -0.2) is 65.6 Å². The Labute approximate surface area is 113 Å². The molecular formula is C12H22N6O. The smallest absolute Gasteiger partial charge is 0.273 e. The molecule has 2 heterocycles. The first-order valence-corrected chi connectivity index (χ1v) is 6.64. The SMILES string of the molecule is CC(CCN(C)C)NC(=O)c1cn(C2CNC2)nn1. The standard InChI is InChI=1S/C12H22N6O/c1-9(4-5-17(2)3)14-12(19)11-8-18(16-15-11)10-6-13-7-10/h8-10,13H,4-7H2,1-3H3,(H,14,19). The topological polar surface area (TPSA) is 75.1 Å². The average molecular weight is 266 g/mol. The lowest BCUT2D eigenvalue weighted by Gasteiger charge is -2.26. The van der Waals surface area contributed by atoms with Crippen molar-refractivity contribution in [2.75, 3.05) is 33.7 Å². The van der Waals surface area contributed by atoms with Gasteiger partial charge in [0.1, 0.15) is 0 Å². The molecule has 7 nitrogen and oxygen atoms in total. The Morgan fingerprint density at radius 2 is 2.37 bits per heavy atom. The second kappa shape index (κ2) is 6.12. The number of nitrogens with zero attached hydrogens (tertiary/aromatic N) is 4. The Balaban J connectivity index is 1.83. The van der Waals surface area contributed by atoms with Crippen LogP contribution < -0.4 is 10.6 Å². The molecule has 19 heavy (non-hydrogen) atoms. The van der Waals surface area contributed by atoms with E-state index in [2.05, 4.69) is 25.8 Å². The summed E-state index contributed by atoms with van der Waals surface area (Å²) in [6, 6.07) is 0.464. The third-order valence-corrected chi connectivity index (χ3v) is 3.26. The van der Waals surface area contributed by atoms with E-state index in [1.807, 2.05) is 21.0 Å². The highest BCUT2D eigenvalue weighted by atomic mass is 16.2. The van der Waals surface area contributed by atoms with E-state index in [4.69, 9.17) is 0 Å². The van der Waals surface area contributed by atoms with Gasteiger partial charge >= 0.3 is 0 Å². The highest BCUT2D eigenvalue weighted by molar-refractivity contribution is 5.92. The number of amides is 1. The van der Waals surface area contributed by atoms with Crippen molar-refractivity contribution < 1.29 is 4.79 Å². The fraction of sp³-hybridized carbons (Fsp3) is 0.750. The van der Waals surface area contributed by atoms with Crippen LogP contribution in [0.2, 0.25) is 0 Å². The van der Waals surface area contributed by atoms with Crippen molar-refractivity contribution in [3.8, 4) is 0 Å². The van der Waals surface area contributed by atoms with Crippen LogP contribution in [0.4, 0.5) is 0 Å². The number of carbonyl (C=O) groups is 1. The molecule has 0 aliphatic carbocycles. The van der Waals surface area contributed by atoms with E-state index in [9.17, 15) is 4.79 Å². The highest BCUT2D eigenvalue weighted by Crippen LogP contribution is 2.09. The second-order valence-corrected chi connectivity index (χ2v) is 5.36. The Morgan fingerprint density at radius 3 is 2.95 bits per heavy atom. The zero-order chi connectivity index (χ0) is 13.8. The molecule has 0 bridgehead atoms. The van der Waals surface area contributed by atoms with Crippen LogP contribution in [0.25, 0.3) is 0 Å². The molecule has 1 aliphatic rings. The first-order chi connectivity index (χ1) is 9.06. The molecule has 1 aliphatic heterocycles. The fourth-order valence-corrected chi connectivity index (χ4v) is 1.84. The van der Waals surface area contributed by atoms with Crippen molar-refractivity contribution >= 4 is 5.91 Å². The summed E-state index contributed by atoms with van der Waals surface area (Å²) in [4.78, 5) is 14.1. The van der Waals surface area contributed by atoms with Crippen molar-refractivity contribution in [2.45, 2.75) is 25.4 Å². The lowest BCUT2D eigenvalue weighted by Crippen LogP contribution is -2.43. The van der Waals surface area contributed by atoms with Crippen molar-refractivity contribution in [1.29, 1.82) is 0 Å². The monoisotopic (exact) mass is 266 g/mol. The van der Waals surface area contributed by atoms with Crippen molar-refractivity contribution in [1.82, 2.24) is 30.5 Å². The third-order valence-electron chi connectivity index (χ3n) is 3.26. The van der Waals surface area contributed by atoms with Crippen LogP contribution in [0.1, 0.15) is 29.9 Å². The number of nitrogens with one attached hydrogen (secondary N) is 2. The highest BCUT2D eigenvalue weighted by Gasteiger charge is 2.22. The second-order valence-electron chi connectivity index (χ2n) is 5.36. The number of carbonyl (C=O) groups excluding carboxylic acids is 1. The van der Waals surface area contributed by atoms with Gasteiger partial charge in [-0.05, 0) is 34.0 Å². The van der Waals surface area contributed by atoms with E-state index in [-0.39, 0.29) is 11.9 Å². The lowest BCUT2D eigenvalue weighted by molar-refractivity contribution is 0.0931. The van der Waals surface area contributed by atoms with Crippen molar-refractivity contribution in [3.63, 3.8) is 0 Å². The predicted octanol–water partition coefficient (Wildman–Crippen LogP) is -0.508. The van der Waals surface area contributed by atoms with Gasteiger partial charge in [0.05, 0.1) is 12.2 Å². The molecule has 0 aromatic carbocycles. The summed E-state index contributed by atoms with van der Waals surface area (Å²) < 4.78 is 1.76. The van der Waals surface area contributed by atoms with Crippen LogP contribution >= 0.6 is 0 Å². The van der Waals surface area contributed by atoms with Crippen LogP contribution in [0, 0.1) is 0 Å². The van der Waals surface area contributed by atoms with Crippen molar-refractivity contribution in [3.05, 3.63) is 11.9 Å². The van der Waals surface area contributed by atoms with Crippen LogP contribution in [0.15, 0.2) is 6.20 Å². The van der Waals surface area contributed by atoms with Gasteiger partial charge in [0.25, 0.3) is 5.91 Å². The molecule has 0 radical (unpaired) electrons. The van der Waals surface area contributed by atoms with E-state index in [0.29, 0.717) is 11.7 Å². The Bertz CT molecular complexity index is 426. The normalized spacial score (nSPS) is 17.3. The Hall–Kier alpha value is -1.47. The van der Waals surface area contributed by atoms with Crippen LogP contribution in [0.5, 0.6) is 0 Å². The Kier molecular flexibility index (Phi) is 4.49. The molecule has 1 fully saturated rings. The Morgan fingerprint density at radius 1 is 1.63 bits per heavy atom. The maximum Gasteiger partial charge on any atom is 0.273 e. The molecule has 1 unspecified atom stereocenters. The molecule has 0 spiro atoms. The summed E-state index contributed by atoms with van der Waals surface area (Å²) in [5, 5.41) is 14.0. The summed E-state index contributed by atoms with van der Waals surface area (Å²) >= 11 is 0. The average Bonchev–Trinajstić information content (AvgIpc) is 2.73. The maximum atomic E-state index is 12.0. The molecule has 1 saturated heterocycles. The van der Waals surface area contributed by atoms with E-state index in [1.54, 1.807) is 10.9 Å². The minimum absolute atomic E-state index is 0.130. The van der Waals surface area contributed by atoms with Gasteiger partial charge in [0.2, 0.25) is 0 Å². The first-order valence-electron chi connectivity index (χ1n) is 6.64. The summed E-state index contributed by atoms with van der Waals surface area (Å²) in [5.74, 6) is -0.148. The van der Waals surface area contributed by atoms with Gasteiger partial charge in [-0.2, -0.15) is 0 Å². The maximum absolute atomic E-state index is 12.0. The predicted molar refractivity (Wildman–Crippen MR) is 72.0 cm³/mol. The van der Waals surface area contributed by atoms with Crippen LogP contribution in [-0.2, 0) is 0 Å². The molecule has 1 atom stereocenters. The van der Waals surface area contributed by atoms with E-state index < -0.39 is 0 Å². The number of rotatable bonds is 6. The molecule has 1 aromatic rings. The number of hydrogen-bond acceptors (Lipinski definition) is 5. The quantitative estimate of drug-likeness (QED) is 0.725. The number of hydrogen-bond donors (Lipinski definition) is 2. The molecule has 2 rings (SSSR count). The van der Waals surface area contributed by atoms with Gasteiger partial charge < -0.3 is 15.5 Å². The zero-order valence-electron chi connectivity index (χ0n) is 11.8. The van der Waals surface area contributed by atoms with Gasteiger partial charge in [0.15, 0.2) is 5.69 Å². The van der Waals surface area contributed by atoms with Gasteiger partial charge in [0, 0.05) is 19.1 Å². The van der Waals surface area contributed by atoms with Gasteiger partial charge in [-0.15, -0.1) is 5.10 Å². The molecule has 2 N–H and O–H groups in total. The number of aromatic nitrogens is 3. The summed E-state index contributed by atoms with van der Waals surface area (Å²) in [6.07, 6.45) is 2.64. The van der Waals surface area contributed by atoms with E-state index >= 15 is 0 Å². The minimum atomic E-state index is -0.148. The third kappa shape index (κ3) is 3.74. The largest absolute Gasteiger partial charge is 0.348 e. The summed E-state index contributed by atoms with van der Waals surface area (Å²) in [5.41, 5.74) is 0.392. The molecule has 1 amide bonds. The molecule has 7 heteroatoms. The molecule has 1 aromatic heterocycles. The van der Waals surface area contributed by atoms with Crippen molar-refractivity contribution in [2.24, 2.45) is 0 Å². The molecule has 106 valence electrons. The lowest BCUT2D eigenvalue weighted by atomic mass is 10.2. The molecular weight excluding hydrogens is 244 g/mol. The minimum Gasteiger partial charge on any atom is -0.348 e. The van der Waals surface area contributed by atoms with E-state index in [1.165, 1.54) is 0 Å². The molecule has 0 saturated carbocycles. The van der Waals surface area contributed by atoms with Gasteiger partial charge in [-0.3, -0.25) is 4.79 Å². The van der Waals surface area contributed by atoms with E-state index in [0.717, 1.165) is 26.1 Å². The fourth-order valence-electron chi connectivity index (χ4n) is 1.84.